The first-order valence-corrected chi connectivity index (χ1v) is 17.1. The molecule has 0 saturated carbocycles. The number of hydrogen-bond donors (Lipinski definition) is 1. The number of fused-ring (bicyclic) bond motifs is 3. The first kappa shape index (κ1) is 30.9. The van der Waals surface area contributed by atoms with Crippen molar-refractivity contribution < 1.29 is 9.53 Å². The number of nitrogens with one attached hydrogen (secondary N) is 1. The summed E-state index contributed by atoms with van der Waals surface area (Å²) >= 11 is 0. The fourth-order valence-corrected chi connectivity index (χ4v) is 7.77. The van der Waals surface area contributed by atoms with Crippen LogP contribution in [0.2, 0.25) is 0 Å². The van der Waals surface area contributed by atoms with E-state index in [1.54, 1.807) is 0 Å². The molecule has 1 fully saturated rings. The van der Waals surface area contributed by atoms with E-state index in [0.29, 0.717) is 11.3 Å². The molecule has 1 N–H and O–H groups in total. The first-order chi connectivity index (χ1) is 23.1. The molecule has 0 bridgehead atoms. The zero-order valence-electron chi connectivity index (χ0n) is 27.5. The number of nitrogens with zero attached hydrogens (tertiary/aromatic N) is 3. The maximum absolute atomic E-state index is 13.3. The fraction of sp³-hybridized carbons (Fsp3) is 0.317. The van der Waals surface area contributed by atoms with Gasteiger partial charge in [0, 0.05) is 38.1 Å². The number of aryl methyl sites for hydroxylation is 1. The third kappa shape index (κ3) is 5.98. The largest absolute Gasteiger partial charge is 0.457 e. The van der Waals surface area contributed by atoms with Gasteiger partial charge >= 0.3 is 0 Å². The van der Waals surface area contributed by atoms with Gasteiger partial charge in [-0.25, -0.2) is 4.98 Å². The molecule has 0 radical (unpaired) electrons. The summed E-state index contributed by atoms with van der Waals surface area (Å²) in [5.74, 6) is 2.38. The number of para-hydroxylation sites is 2. The molecule has 2 heterocycles. The summed E-state index contributed by atoms with van der Waals surface area (Å²) < 4.78 is 8.38. The van der Waals surface area contributed by atoms with Crippen LogP contribution in [-0.2, 0) is 18.9 Å². The highest BCUT2D eigenvalue weighted by molar-refractivity contribution is 5.97. The second-order valence-electron chi connectivity index (χ2n) is 12.9. The molecule has 1 aromatic heterocycles. The van der Waals surface area contributed by atoms with E-state index < -0.39 is 0 Å². The molecular formula is C41H44N4O2. The fourth-order valence-electron chi connectivity index (χ4n) is 7.77. The smallest absolute Gasteiger partial charge is 0.255 e. The van der Waals surface area contributed by atoms with Crippen LogP contribution in [0.3, 0.4) is 0 Å². The molecule has 1 amide bonds. The van der Waals surface area contributed by atoms with E-state index in [4.69, 9.17) is 9.72 Å². The van der Waals surface area contributed by atoms with Gasteiger partial charge in [-0.1, -0.05) is 92.2 Å². The van der Waals surface area contributed by atoms with E-state index in [1.807, 2.05) is 54.6 Å². The molecule has 0 spiro atoms. The van der Waals surface area contributed by atoms with E-state index >= 15 is 0 Å². The van der Waals surface area contributed by atoms with Gasteiger partial charge in [0.15, 0.2) is 0 Å². The number of likely N-dealkylation sites (tertiary alicyclic amines) is 1. The van der Waals surface area contributed by atoms with Crippen LogP contribution in [0.4, 0.5) is 0 Å². The highest BCUT2D eigenvalue weighted by Crippen LogP contribution is 2.54. The third-order valence-electron chi connectivity index (χ3n) is 10.2. The Morgan fingerprint density at radius 2 is 1.49 bits per heavy atom. The zero-order valence-corrected chi connectivity index (χ0v) is 27.5. The highest BCUT2D eigenvalue weighted by Gasteiger charge is 2.46. The van der Waals surface area contributed by atoms with Crippen LogP contribution in [0.15, 0.2) is 109 Å². The zero-order chi connectivity index (χ0) is 32.2. The summed E-state index contributed by atoms with van der Waals surface area (Å²) in [6.07, 6.45) is 8.18. The van der Waals surface area contributed by atoms with Crippen LogP contribution in [0.1, 0.15) is 72.0 Å². The van der Waals surface area contributed by atoms with Crippen molar-refractivity contribution in [1.82, 2.24) is 19.8 Å². The molecule has 5 aromatic rings. The Hall–Kier alpha value is -4.68. The summed E-state index contributed by atoms with van der Waals surface area (Å²) in [5, 5.41) is 3.29. The molecule has 7 rings (SSSR count). The van der Waals surface area contributed by atoms with Crippen molar-refractivity contribution >= 4 is 5.91 Å². The van der Waals surface area contributed by atoms with Crippen LogP contribution in [0, 0.1) is 0 Å². The molecule has 1 saturated heterocycles. The number of unbranched alkanes of at least 4 members (excludes halogenated alkanes) is 1. The average Bonchev–Trinajstić information content (AvgIpc) is 3.63. The standard InChI is InChI=1S/C41H44N4O2/c1-3-31-29-42-40(44(31)2)41(36-20-10-7-17-33(36)34-18-8-11-21-37(34)41)25-13-14-26-45-27-23-30(24-28-45)43-39(46)35-19-9-12-22-38(35)47-32-15-5-4-6-16-32/h4-12,15-22,29-30H,3,13-14,23-28H2,1-2H3,(H,43,46). The summed E-state index contributed by atoms with van der Waals surface area (Å²) in [7, 11) is 2.18. The van der Waals surface area contributed by atoms with Crippen LogP contribution in [0.5, 0.6) is 11.5 Å². The maximum atomic E-state index is 13.3. The predicted octanol–water partition coefficient (Wildman–Crippen LogP) is 8.15. The molecule has 47 heavy (non-hydrogen) atoms. The second-order valence-corrected chi connectivity index (χ2v) is 12.9. The van der Waals surface area contributed by atoms with Crippen LogP contribution in [-0.4, -0.2) is 46.0 Å². The number of benzene rings is 4. The second kappa shape index (κ2) is 13.6. The van der Waals surface area contributed by atoms with Gasteiger partial charge < -0.3 is 19.5 Å². The van der Waals surface area contributed by atoms with Crippen molar-refractivity contribution in [2.75, 3.05) is 19.6 Å². The number of carbonyl (C=O) groups is 1. The minimum Gasteiger partial charge on any atom is -0.457 e. The number of piperidine rings is 1. The van der Waals surface area contributed by atoms with E-state index in [-0.39, 0.29) is 17.4 Å². The molecule has 6 nitrogen and oxygen atoms in total. The van der Waals surface area contributed by atoms with Gasteiger partial charge in [0.2, 0.25) is 0 Å². The van der Waals surface area contributed by atoms with E-state index in [2.05, 4.69) is 83.5 Å². The predicted molar refractivity (Wildman–Crippen MR) is 188 cm³/mol. The van der Waals surface area contributed by atoms with E-state index in [0.717, 1.165) is 69.7 Å². The molecule has 6 heteroatoms. The molecule has 0 atom stereocenters. The third-order valence-corrected chi connectivity index (χ3v) is 10.2. The van der Waals surface area contributed by atoms with Gasteiger partial charge in [-0.05, 0) is 85.2 Å². The molecule has 1 aliphatic carbocycles. The monoisotopic (exact) mass is 624 g/mol. The molecular weight excluding hydrogens is 580 g/mol. The number of aromatic nitrogens is 2. The molecule has 1 aliphatic heterocycles. The Labute approximate surface area is 278 Å². The molecule has 2 aliphatic rings. The number of carbonyl (C=O) groups excluding carboxylic acids is 1. The lowest BCUT2D eigenvalue weighted by Gasteiger charge is -2.34. The SMILES string of the molecule is CCc1cnc(C2(CCCCN3CCC(NC(=O)c4ccccc4Oc4ccccc4)CC3)c3ccccc3-c3ccccc32)n1C. The molecule has 0 unspecified atom stereocenters. The Kier molecular flexibility index (Phi) is 8.94. The van der Waals surface area contributed by atoms with E-state index in [9.17, 15) is 4.79 Å². The molecule has 4 aromatic carbocycles. The Morgan fingerprint density at radius 3 is 2.17 bits per heavy atom. The van der Waals surface area contributed by atoms with Gasteiger partial charge in [-0.3, -0.25) is 4.79 Å². The number of amides is 1. The van der Waals surface area contributed by atoms with Gasteiger partial charge in [-0.2, -0.15) is 0 Å². The minimum absolute atomic E-state index is 0.0714. The van der Waals surface area contributed by atoms with Crippen LogP contribution < -0.4 is 10.1 Å². The normalized spacial score (nSPS) is 15.6. The van der Waals surface area contributed by atoms with E-state index in [1.165, 1.54) is 27.9 Å². The van der Waals surface area contributed by atoms with Crippen molar-refractivity contribution in [3.63, 3.8) is 0 Å². The summed E-state index contributed by atoms with van der Waals surface area (Å²) in [6.45, 7) is 5.25. The number of ether oxygens (including phenoxy) is 1. The highest BCUT2D eigenvalue weighted by atomic mass is 16.5. The summed E-state index contributed by atoms with van der Waals surface area (Å²) in [4.78, 5) is 21.0. The van der Waals surface area contributed by atoms with Crippen LogP contribution in [0.25, 0.3) is 11.1 Å². The maximum Gasteiger partial charge on any atom is 0.255 e. The van der Waals surface area contributed by atoms with Gasteiger partial charge in [0.1, 0.15) is 17.3 Å². The lowest BCUT2D eigenvalue weighted by molar-refractivity contribution is 0.0908. The Balaban J connectivity index is 0.979. The van der Waals surface area contributed by atoms with Crippen molar-refractivity contribution in [2.24, 2.45) is 7.05 Å². The number of rotatable bonds is 11. The molecule has 240 valence electrons. The van der Waals surface area contributed by atoms with Gasteiger partial charge in [0.05, 0.1) is 11.0 Å². The Morgan fingerprint density at radius 1 is 0.851 bits per heavy atom. The lowest BCUT2D eigenvalue weighted by Crippen LogP contribution is -2.45. The van der Waals surface area contributed by atoms with Crippen molar-refractivity contribution in [3.8, 4) is 22.6 Å². The topological polar surface area (TPSA) is 59.4 Å². The van der Waals surface area contributed by atoms with Gasteiger partial charge in [-0.15, -0.1) is 0 Å². The summed E-state index contributed by atoms with van der Waals surface area (Å²) in [5.41, 5.74) is 7.01. The van der Waals surface area contributed by atoms with Crippen molar-refractivity contribution in [2.45, 2.75) is 56.9 Å². The number of imidazole rings is 1. The Bertz CT molecular complexity index is 1790. The van der Waals surface area contributed by atoms with Crippen LogP contribution >= 0.6 is 0 Å². The average molecular weight is 625 g/mol. The lowest BCUT2D eigenvalue weighted by atomic mass is 9.73. The number of hydrogen-bond acceptors (Lipinski definition) is 4. The first-order valence-electron chi connectivity index (χ1n) is 17.1. The van der Waals surface area contributed by atoms with Crippen molar-refractivity contribution in [3.05, 3.63) is 138 Å². The quantitative estimate of drug-likeness (QED) is 0.151. The van der Waals surface area contributed by atoms with Gasteiger partial charge in [0.25, 0.3) is 5.91 Å². The summed E-state index contributed by atoms with van der Waals surface area (Å²) in [6, 6.07) is 35.1. The van der Waals surface area contributed by atoms with Crippen molar-refractivity contribution in [1.29, 1.82) is 0 Å². The minimum atomic E-state index is -0.257.